The molecule has 2 fully saturated rings. The number of ether oxygens (including phenoxy) is 1. The number of methoxy groups -OCH3 is 1. The van der Waals surface area contributed by atoms with Gasteiger partial charge < -0.3 is 19.3 Å². The fourth-order valence-corrected chi connectivity index (χ4v) is 3.56. The smallest absolute Gasteiger partial charge is 0.256 e. The van der Waals surface area contributed by atoms with Gasteiger partial charge in [-0.05, 0) is 49.3 Å². The molecule has 0 spiro atoms. The summed E-state index contributed by atoms with van der Waals surface area (Å²) >= 11 is 0. The van der Waals surface area contributed by atoms with Crippen molar-refractivity contribution in [3.8, 4) is 5.75 Å². The Morgan fingerprint density at radius 3 is 2.59 bits per heavy atom. The van der Waals surface area contributed by atoms with Gasteiger partial charge in [-0.2, -0.15) is 4.98 Å². The van der Waals surface area contributed by atoms with Crippen LogP contribution in [0.2, 0.25) is 0 Å². The molecule has 1 saturated carbocycles. The number of nitrogens with zero attached hydrogens (tertiary/aromatic N) is 3. The van der Waals surface area contributed by atoms with Gasteiger partial charge in [0, 0.05) is 25.4 Å². The van der Waals surface area contributed by atoms with Crippen molar-refractivity contribution in [3.63, 3.8) is 0 Å². The molecule has 1 saturated heterocycles. The van der Waals surface area contributed by atoms with Gasteiger partial charge in [0.2, 0.25) is 5.89 Å². The van der Waals surface area contributed by atoms with Crippen molar-refractivity contribution in [1.29, 1.82) is 0 Å². The summed E-state index contributed by atoms with van der Waals surface area (Å²) in [5, 5.41) is 14.5. The van der Waals surface area contributed by atoms with E-state index in [2.05, 4.69) is 10.1 Å². The number of hydrogen-bond acceptors (Lipinski definition) is 6. The van der Waals surface area contributed by atoms with Gasteiger partial charge in [0.15, 0.2) is 11.9 Å². The van der Waals surface area contributed by atoms with Crippen LogP contribution in [0.15, 0.2) is 28.8 Å². The van der Waals surface area contributed by atoms with Crippen LogP contribution >= 0.6 is 0 Å². The standard InChI is InChI=1S/C20H25N3O4/c1-26-16-6-4-14(5-7-16)18(24)20(25)23-10-8-13(9-11-23)12-17-21-19(27-22-17)15-2-3-15/h4-7,13,15,18,24H,2-3,8-12H2,1H3. The minimum Gasteiger partial charge on any atom is -0.497 e. The molecule has 1 aromatic heterocycles. The summed E-state index contributed by atoms with van der Waals surface area (Å²) in [6, 6.07) is 6.95. The summed E-state index contributed by atoms with van der Waals surface area (Å²) in [5.74, 6) is 2.93. The third-order valence-corrected chi connectivity index (χ3v) is 5.47. The molecule has 1 aliphatic heterocycles. The minimum absolute atomic E-state index is 0.241. The quantitative estimate of drug-likeness (QED) is 0.839. The molecule has 1 atom stereocenters. The Balaban J connectivity index is 1.28. The van der Waals surface area contributed by atoms with Crippen molar-refractivity contribution >= 4 is 5.91 Å². The molecule has 2 aliphatic rings. The van der Waals surface area contributed by atoms with Gasteiger partial charge >= 0.3 is 0 Å². The molecule has 1 aliphatic carbocycles. The molecule has 1 aromatic carbocycles. The molecule has 2 heterocycles. The maximum Gasteiger partial charge on any atom is 0.256 e. The van der Waals surface area contributed by atoms with Crippen LogP contribution in [0.25, 0.3) is 0 Å². The molecule has 27 heavy (non-hydrogen) atoms. The largest absolute Gasteiger partial charge is 0.497 e. The van der Waals surface area contributed by atoms with Gasteiger partial charge in [-0.3, -0.25) is 4.79 Å². The molecule has 4 rings (SSSR count). The van der Waals surface area contributed by atoms with Crippen molar-refractivity contribution in [1.82, 2.24) is 15.0 Å². The monoisotopic (exact) mass is 371 g/mol. The topological polar surface area (TPSA) is 88.7 Å². The van der Waals surface area contributed by atoms with E-state index in [-0.39, 0.29) is 5.91 Å². The number of likely N-dealkylation sites (tertiary alicyclic amines) is 1. The second kappa shape index (κ2) is 7.68. The molecule has 0 radical (unpaired) electrons. The zero-order valence-corrected chi connectivity index (χ0v) is 15.5. The predicted molar refractivity (Wildman–Crippen MR) is 97.2 cm³/mol. The maximum absolute atomic E-state index is 12.6. The second-order valence-electron chi connectivity index (χ2n) is 7.47. The molecular formula is C20H25N3O4. The highest BCUT2D eigenvalue weighted by Gasteiger charge is 2.31. The van der Waals surface area contributed by atoms with Gasteiger partial charge in [-0.15, -0.1) is 0 Å². The number of carbonyl (C=O) groups is 1. The van der Waals surface area contributed by atoms with Gasteiger partial charge in [0.25, 0.3) is 5.91 Å². The first-order valence-corrected chi connectivity index (χ1v) is 9.57. The average Bonchev–Trinajstić information content (AvgIpc) is 3.47. The summed E-state index contributed by atoms with van der Waals surface area (Å²) in [6.45, 7) is 1.29. The number of hydrogen-bond donors (Lipinski definition) is 1. The van der Waals surface area contributed by atoms with Crippen LogP contribution < -0.4 is 4.74 Å². The molecule has 2 aromatic rings. The first-order valence-electron chi connectivity index (χ1n) is 9.57. The lowest BCUT2D eigenvalue weighted by Crippen LogP contribution is -2.41. The number of aliphatic hydroxyl groups excluding tert-OH is 1. The predicted octanol–water partition coefficient (Wildman–Crippen LogP) is 2.47. The Labute approximate surface area is 158 Å². The summed E-state index contributed by atoms with van der Waals surface area (Å²) in [7, 11) is 1.59. The normalized spacial score (nSPS) is 19.1. The third kappa shape index (κ3) is 4.13. The highest BCUT2D eigenvalue weighted by atomic mass is 16.5. The van der Waals surface area contributed by atoms with Crippen LogP contribution in [0.5, 0.6) is 5.75 Å². The fourth-order valence-electron chi connectivity index (χ4n) is 3.56. The van der Waals surface area contributed by atoms with E-state index in [1.54, 1.807) is 36.3 Å². The summed E-state index contributed by atoms with van der Waals surface area (Å²) in [5.41, 5.74) is 0.585. The molecule has 1 unspecified atom stereocenters. The Hall–Kier alpha value is -2.41. The van der Waals surface area contributed by atoms with Crippen LogP contribution in [0.1, 0.15) is 55.0 Å². The number of benzene rings is 1. The zero-order chi connectivity index (χ0) is 18.8. The molecular weight excluding hydrogens is 346 g/mol. The first kappa shape index (κ1) is 18.0. The molecule has 7 heteroatoms. The van der Waals surface area contributed by atoms with E-state index in [4.69, 9.17) is 9.26 Å². The SMILES string of the molecule is COc1ccc(C(O)C(=O)N2CCC(Cc3noc(C4CC4)n3)CC2)cc1. The Morgan fingerprint density at radius 1 is 1.26 bits per heavy atom. The molecule has 0 bridgehead atoms. The van der Waals surface area contributed by atoms with Crippen molar-refractivity contribution in [2.24, 2.45) is 5.92 Å². The van der Waals surface area contributed by atoms with E-state index < -0.39 is 6.10 Å². The van der Waals surface area contributed by atoms with Crippen molar-refractivity contribution in [3.05, 3.63) is 41.5 Å². The third-order valence-electron chi connectivity index (χ3n) is 5.47. The van der Waals surface area contributed by atoms with E-state index in [9.17, 15) is 9.90 Å². The van der Waals surface area contributed by atoms with Gasteiger partial charge in [0.1, 0.15) is 5.75 Å². The maximum atomic E-state index is 12.6. The number of piperidine rings is 1. The highest BCUT2D eigenvalue weighted by molar-refractivity contribution is 5.82. The van der Waals surface area contributed by atoms with E-state index in [1.165, 1.54) is 0 Å². The first-order chi connectivity index (χ1) is 13.1. The van der Waals surface area contributed by atoms with Crippen molar-refractivity contribution in [2.75, 3.05) is 20.2 Å². The minimum atomic E-state index is -1.13. The number of aromatic nitrogens is 2. The van der Waals surface area contributed by atoms with E-state index >= 15 is 0 Å². The highest BCUT2D eigenvalue weighted by Crippen LogP contribution is 2.39. The lowest BCUT2D eigenvalue weighted by molar-refractivity contribution is -0.142. The number of carbonyl (C=O) groups excluding carboxylic acids is 1. The van der Waals surface area contributed by atoms with E-state index in [0.29, 0.717) is 36.2 Å². The van der Waals surface area contributed by atoms with Crippen LogP contribution in [-0.2, 0) is 11.2 Å². The van der Waals surface area contributed by atoms with E-state index in [1.807, 2.05) is 0 Å². The zero-order valence-electron chi connectivity index (χ0n) is 15.5. The lowest BCUT2D eigenvalue weighted by atomic mass is 9.92. The molecule has 1 N–H and O–H groups in total. The average molecular weight is 371 g/mol. The number of rotatable bonds is 6. The van der Waals surface area contributed by atoms with Crippen LogP contribution in [-0.4, -0.2) is 46.3 Å². The summed E-state index contributed by atoms with van der Waals surface area (Å²) in [6.07, 6.45) is 3.73. The number of amides is 1. The molecule has 7 nitrogen and oxygen atoms in total. The Morgan fingerprint density at radius 2 is 1.96 bits per heavy atom. The van der Waals surface area contributed by atoms with Crippen LogP contribution in [0, 0.1) is 5.92 Å². The Bertz CT molecular complexity index is 777. The second-order valence-corrected chi connectivity index (χ2v) is 7.47. The van der Waals surface area contributed by atoms with Gasteiger partial charge in [-0.1, -0.05) is 17.3 Å². The lowest BCUT2D eigenvalue weighted by Gasteiger charge is -2.33. The molecule has 1 amide bonds. The summed E-state index contributed by atoms with van der Waals surface area (Å²) < 4.78 is 10.4. The van der Waals surface area contributed by atoms with Gasteiger partial charge in [0.05, 0.1) is 7.11 Å². The molecule has 144 valence electrons. The van der Waals surface area contributed by atoms with Crippen LogP contribution in [0.3, 0.4) is 0 Å². The van der Waals surface area contributed by atoms with Crippen molar-refractivity contribution in [2.45, 2.75) is 44.1 Å². The van der Waals surface area contributed by atoms with E-state index in [0.717, 1.165) is 43.8 Å². The van der Waals surface area contributed by atoms with Crippen LogP contribution in [0.4, 0.5) is 0 Å². The van der Waals surface area contributed by atoms with Gasteiger partial charge in [-0.25, -0.2) is 0 Å². The number of aliphatic hydroxyl groups is 1. The summed E-state index contributed by atoms with van der Waals surface area (Å²) in [4.78, 5) is 18.8. The van der Waals surface area contributed by atoms with Crippen molar-refractivity contribution < 1.29 is 19.2 Å². The Kier molecular flexibility index (Phi) is 5.11. The fraction of sp³-hybridized carbons (Fsp3) is 0.550.